The van der Waals surface area contributed by atoms with Gasteiger partial charge in [0.25, 0.3) is 12.3 Å². The first-order chi connectivity index (χ1) is 9.21. The van der Waals surface area contributed by atoms with Crippen LogP contribution < -0.4 is 10.5 Å². The fourth-order valence-electron chi connectivity index (χ4n) is 1.42. The quantitative estimate of drug-likeness (QED) is 0.674. The molecule has 0 aliphatic rings. The summed E-state index contributed by atoms with van der Waals surface area (Å²) in [5.41, 5.74) is 0.0860. The number of halogens is 2. The van der Waals surface area contributed by atoms with E-state index in [1.165, 1.54) is 17.8 Å². The molecule has 7 nitrogen and oxygen atoms in total. The van der Waals surface area contributed by atoms with E-state index in [0.29, 0.717) is 0 Å². The van der Waals surface area contributed by atoms with Crippen LogP contribution in [0.1, 0.15) is 10.5 Å². The Bertz CT molecular complexity index is 571. The van der Waals surface area contributed by atoms with Crippen molar-refractivity contribution in [1.82, 2.24) is 9.88 Å². The van der Waals surface area contributed by atoms with Gasteiger partial charge in [0, 0.05) is 19.8 Å². The number of primary sulfonamides is 1. The van der Waals surface area contributed by atoms with Crippen LogP contribution in [0.5, 0.6) is 0 Å². The van der Waals surface area contributed by atoms with E-state index in [1.54, 1.807) is 0 Å². The maximum absolute atomic E-state index is 11.8. The number of carbonyl (C=O) groups excluding carboxylic acids is 1. The molecule has 0 aliphatic carbocycles. The fraction of sp³-hybridized carbons (Fsp3) is 0.500. The van der Waals surface area contributed by atoms with Crippen molar-refractivity contribution in [2.45, 2.75) is 11.3 Å². The van der Waals surface area contributed by atoms with Gasteiger partial charge in [-0.25, -0.2) is 22.3 Å². The minimum atomic E-state index is -3.89. The number of aromatic nitrogens is 1. The first kappa shape index (κ1) is 16.5. The molecule has 0 bridgehead atoms. The normalized spacial score (nSPS) is 11.8. The Kier molecular flexibility index (Phi) is 5.60. The second kappa shape index (κ2) is 6.77. The fourth-order valence-corrected chi connectivity index (χ4v) is 2.00. The molecule has 0 spiro atoms. The van der Waals surface area contributed by atoms with E-state index in [9.17, 15) is 22.0 Å². The van der Waals surface area contributed by atoms with Crippen molar-refractivity contribution in [2.75, 3.05) is 19.8 Å². The first-order valence-corrected chi connectivity index (χ1v) is 7.09. The molecule has 114 valence electrons. The molecule has 1 heterocycles. The number of nitrogens with zero attached hydrogens (tertiary/aromatic N) is 1. The van der Waals surface area contributed by atoms with E-state index in [4.69, 9.17) is 5.14 Å². The molecule has 0 aromatic carbocycles. The maximum Gasteiger partial charge on any atom is 0.268 e. The lowest BCUT2D eigenvalue weighted by molar-refractivity contribution is 0.0188. The van der Waals surface area contributed by atoms with Crippen molar-refractivity contribution >= 4 is 15.9 Å². The van der Waals surface area contributed by atoms with Crippen LogP contribution >= 0.6 is 0 Å². The number of hydrogen-bond donors (Lipinski definition) is 2. The third-order valence-electron chi connectivity index (χ3n) is 2.32. The summed E-state index contributed by atoms with van der Waals surface area (Å²) in [5, 5.41) is 7.36. The van der Waals surface area contributed by atoms with Crippen LogP contribution in [0.25, 0.3) is 0 Å². The van der Waals surface area contributed by atoms with E-state index in [-0.39, 0.29) is 23.7 Å². The second-order valence-electron chi connectivity index (χ2n) is 3.94. The topological polar surface area (TPSA) is 103 Å². The molecule has 1 amide bonds. The number of nitrogens with one attached hydrogen (secondary N) is 1. The molecule has 10 heteroatoms. The predicted molar refractivity (Wildman–Crippen MR) is 65.9 cm³/mol. The molecule has 1 rings (SSSR count). The van der Waals surface area contributed by atoms with E-state index in [0.717, 1.165) is 6.07 Å². The Balaban J connectivity index is 2.54. The Morgan fingerprint density at radius 1 is 1.55 bits per heavy atom. The summed E-state index contributed by atoms with van der Waals surface area (Å²) in [6.07, 6.45) is -1.35. The average Bonchev–Trinajstić information content (AvgIpc) is 2.70. The molecule has 0 radical (unpaired) electrons. The predicted octanol–water partition coefficient (Wildman–Crippen LogP) is -0.316. The van der Waals surface area contributed by atoms with Crippen molar-refractivity contribution in [3.05, 3.63) is 18.0 Å². The molecule has 0 saturated heterocycles. The third-order valence-corrected chi connectivity index (χ3v) is 3.20. The highest BCUT2D eigenvalue weighted by molar-refractivity contribution is 7.89. The molecular formula is C10H15F2N3O4S. The summed E-state index contributed by atoms with van der Waals surface area (Å²) in [7, 11) is -2.40. The van der Waals surface area contributed by atoms with Gasteiger partial charge in [-0.3, -0.25) is 4.79 Å². The number of carbonyl (C=O) groups is 1. The van der Waals surface area contributed by atoms with Crippen molar-refractivity contribution in [1.29, 1.82) is 0 Å². The molecule has 1 aromatic heterocycles. The highest BCUT2D eigenvalue weighted by Crippen LogP contribution is 2.11. The van der Waals surface area contributed by atoms with Crippen molar-refractivity contribution < 1.29 is 26.7 Å². The Morgan fingerprint density at radius 2 is 2.20 bits per heavy atom. The summed E-state index contributed by atoms with van der Waals surface area (Å²) in [4.78, 5) is 11.6. The number of ether oxygens (including phenoxy) is 1. The number of rotatable bonds is 7. The lowest BCUT2D eigenvalue weighted by atomic mass is 10.4. The molecule has 0 unspecified atom stereocenters. The van der Waals surface area contributed by atoms with Crippen LogP contribution in [-0.4, -0.2) is 45.1 Å². The third kappa shape index (κ3) is 4.87. The van der Waals surface area contributed by atoms with Crippen molar-refractivity contribution in [3.8, 4) is 0 Å². The summed E-state index contributed by atoms with van der Waals surface area (Å²) in [6.45, 7) is -0.737. The number of hydrogen-bond acceptors (Lipinski definition) is 4. The number of amides is 1. The van der Waals surface area contributed by atoms with Crippen LogP contribution in [0.3, 0.4) is 0 Å². The van der Waals surface area contributed by atoms with E-state index in [1.807, 2.05) is 0 Å². The second-order valence-corrected chi connectivity index (χ2v) is 5.50. The van der Waals surface area contributed by atoms with E-state index >= 15 is 0 Å². The van der Waals surface area contributed by atoms with Crippen molar-refractivity contribution in [2.24, 2.45) is 12.2 Å². The van der Waals surface area contributed by atoms with E-state index < -0.39 is 29.0 Å². The molecule has 20 heavy (non-hydrogen) atoms. The van der Waals surface area contributed by atoms with Gasteiger partial charge in [0.15, 0.2) is 0 Å². The van der Waals surface area contributed by atoms with Gasteiger partial charge in [-0.2, -0.15) is 0 Å². The van der Waals surface area contributed by atoms with E-state index in [2.05, 4.69) is 10.1 Å². The van der Waals surface area contributed by atoms with Crippen LogP contribution in [0.15, 0.2) is 17.2 Å². The first-order valence-electron chi connectivity index (χ1n) is 5.55. The lowest BCUT2D eigenvalue weighted by Gasteiger charge is -2.06. The molecule has 0 saturated carbocycles. The zero-order valence-electron chi connectivity index (χ0n) is 10.7. The molecular weight excluding hydrogens is 296 g/mol. The van der Waals surface area contributed by atoms with Crippen LogP contribution in [0, 0.1) is 0 Å². The summed E-state index contributed by atoms with van der Waals surface area (Å²) >= 11 is 0. The molecule has 3 N–H and O–H groups in total. The van der Waals surface area contributed by atoms with Gasteiger partial charge in [0.1, 0.15) is 17.2 Å². The van der Waals surface area contributed by atoms with Crippen LogP contribution in [0.4, 0.5) is 8.78 Å². The minimum absolute atomic E-state index is 0.0292. The Hall–Kier alpha value is -1.52. The minimum Gasteiger partial charge on any atom is -0.374 e. The smallest absolute Gasteiger partial charge is 0.268 e. The Morgan fingerprint density at radius 3 is 2.70 bits per heavy atom. The van der Waals surface area contributed by atoms with Gasteiger partial charge < -0.3 is 14.6 Å². The van der Waals surface area contributed by atoms with Gasteiger partial charge in [0.2, 0.25) is 10.0 Å². The summed E-state index contributed by atoms with van der Waals surface area (Å²) in [5.74, 6) is -0.553. The average molecular weight is 311 g/mol. The summed E-state index contributed by atoms with van der Waals surface area (Å²) in [6, 6.07) is 1.13. The van der Waals surface area contributed by atoms with Crippen molar-refractivity contribution in [3.63, 3.8) is 0 Å². The Labute approximate surface area is 114 Å². The SMILES string of the molecule is Cn1cc(S(N)(=O)=O)cc1C(=O)NCCOCC(F)F. The monoisotopic (exact) mass is 311 g/mol. The van der Waals surface area contributed by atoms with Crippen LogP contribution in [0.2, 0.25) is 0 Å². The maximum atomic E-state index is 11.8. The highest BCUT2D eigenvalue weighted by Gasteiger charge is 2.17. The van der Waals surface area contributed by atoms with Gasteiger partial charge in [-0.1, -0.05) is 0 Å². The number of aryl methyl sites for hydroxylation is 1. The highest BCUT2D eigenvalue weighted by atomic mass is 32.2. The standard InChI is InChI=1S/C10H15F2N3O4S/c1-15-5-7(20(13,17)18)4-8(15)10(16)14-2-3-19-6-9(11)12/h4-5,9H,2-3,6H2,1H3,(H,14,16)(H2,13,17,18). The van der Waals surface area contributed by atoms with Gasteiger partial charge in [-0.05, 0) is 6.07 Å². The number of sulfonamides is 1. The molecule has 0 atom stereocenters. The molecule has 1 aromatic rings. The number of alkyl halides is 2. The van der Waals surface area contributed by atoms with Crippen LogP contribution in [-0.2, 0) is 21.8 Å². The summed E-state index contributed by atoms with van der Waals surface area (Å²) < 4.78 is 51.7. The molecule has 0 fully saturated rings. The van der Waals surface area contributed by atoms with Gasteiger partial charge >= 0.3 is 0 Å². The lowest BCUT2D eigenvalue weighted by Crippen LogP contribution is -2.29. The molecule has 0 aliphatic heterocycles. The zero-order valence-corrected chi connectivity index (χ0v) is 11.5. The van der Waals surface area contributed by atoms with Gasteiger partial charge in [-0.15, -0.1) is 0 Å². The largest absolute Gasteiger partial charge is 0.374 e. The van der Waals surface area contributed by atoms with Gasteiger partial charge in [0.05, 0.1) is 6.61 Å². The number of nitrogens with two attached hydrogens (primary N) is 1. The zero-order chi connectivity index (χ0) is 15.3.